The number of benzene rings is 2. The number of rotatable bonds is 7. The summed E-state index contributed by atoms with van der Waals surface area (Å²) in [6.07, 6.45) is -4.09. The van der Waals surface area contributed by atoms with Crippen LogP contribution >= 0.6 is 0 Å². The molecule has 2 aromatic carbocycles. The van der Waals surface area contributed by atoms with Crippen LogP contribution in [0.3, 0.4) is 0 Å². The number of hydrogen-bond donors (Lipinski definition) is 3. The second-order valence-corrected chi connectivity index (χ2v) is 10.4. The van der Waals surface area contributed by atoms with Crippen molar-refractivity contribution in [3.63, 3.8) is 0 Å². The summed E-state index contributed by atoms with van der Waals surface area (Å²) >= 11 is 0. The number of alkyl halides is 3. The monoisotopic (exact) mass is 609 g/mol. The van der Waals surface area contributed by atoms with Crippen LogP contribution in [0.25, 0.3) is 22.2 Å². The lowest BCUT2D eigenvalue weighted by atomic mass is 9.81. The summed E-state index contributed by atoms with van der Waals surface area (Å²) in [4.78, 5) is 33.7. The average molecular weight is 610 g/mol. The van der Waals surface area contributed by atoms with E-state index in [2.05, 4.69) is 15.3 Å². The Balaban J connectivity index is 1.59. The minimum atomic E-state index is -5.39. The van der Waals surface area contributed by atoms with Gasteiger partial charge < -0.3 is 25.6 Å². The number of nitrogens with zero attached hydrogens (tertiary/aromatic N) is 3. The van der Waals surface area contributed by atoms with Gasteiger partial charge in [0.05, 0.1) is 24.9 Å². The third-order valence-corrected chi connectivity index (χ3v) is 7.49. The van der Waals surface area contributed by atoms with Crippen molar-refractivity contribution >= 4 is 22.7 Å². The van der Waals surface area contributed by atoms with E-state index in [0.29, 0.717) is 10.9 Å². The SMILES string of the molecule is COc1cc(C(=O)NCC(O)(c2cc3c(c(-c4ccc(F)cc4)n2)OC[C@]3(C)C(N)=O)C(F)(F)F)cc2cc(C#N)cnc12. The number of carbonyl (C=O) groups is 2. The number of pyridine rings is 2. The van der Waals surface area contributed by atoms with Crippen molar-refractivity contribution in [1.82, 2.24) is 15.3 Å². The molecule has 0 fully saturated rings. The van der Waals surface area contributed by atoms with Gasteiger partial charge in [-0.05, 0) is 55.5 Å². The van der Waals surface area contributed by atoms with Gasteiger partial charge in [-0.3, -0.25) is 14.6 Å². The number of ether oxygens (including phenoxy) is 2. The number of nitriles is 1. The highest BCUT2D eigenvalue weighted by Gasteiger charge is 2.57. The van der Waals surface area contributed by atoms with Crippen molar-refractivity contribution < 1.29 is 41.7 Å². The van der Waals surface area contributed by atoms with Crippen LogP contribution in [0, 0.1) is 17.1 Å². The van der Waals surface area contributed by atoms with Gasteiger partial charge in [0.15, 0.2) is 0 Å². The van der Waals surface area contributed by atoms with E-state index in [1.165, 1.54) is 50.6 Å². The quantitative estimate of drug-likeness (QED) is 0.268. The van der Waals surface area contributed by atoms with Crippen molar-refractivity contribution in [1.29, 1.82) is 5.26 Å². The molecule has 10 nitrogen and oxygen atoms in total. The van der Waals surface area contributed by atoms with Crippen molar-refractivity contribution in [2.24, 2.45) is 5.73 Å². The summed E-state index contributed by atoms with van der Waals surface area (Å²) in [5, 5.41) is 22.8. The molecule has 14 heteroatoms. The summed E-state index contributed by atoms with van der Waals surface area (Å²) in [6, 6.07) is 11.4. The number of carbonyl (C=O) groups excluding carboxylic acids is 2. The maximum atomic E-state index is 14.7. The predicted molar refractivity (Wildman–Crippen MR) is 147 cm³/mol. The highest BCUT2D eigenvalue weighted by molar-refractivity contribution is 6.00. The molecule has 1 aliphatic rings. The van der Waals surface area contributed by atoms with Crippen molar-refractivity contribution in [3.05, 3.63) is 82.9 Å². The second-order valence-electron chi connectivity index (χ2n) is 10.4. The first kappa shape index (κ1) is 30.2. The van der Waals surface area contributed by atoms with Gasteiger partial charge in [0.1, 0.15) is 46.6 Å². The molecule has 2 amide bonds. The molecule has 4 N–H and O–H groups in total. The van der Waals surface area contributed by atoms with E-state index in [1.807, 2.05) is 6.07 Å². The normalized spacial score (nSPS) is 17.2. The number of halogens is 4. The number of aromatic nitrogens is 2. The van der Waals surface area contributed by atoms with E-state index in [0.717, 1.165) is 18.2 Å². The number of fused-ring (bicyclic) bond motifs is 2. The summed E-state index contributed by atoms with van der Waals surface area (Å²) in [7, 11) is 1.31. The van der Waals surface area contributed by atoms with E-state index < -0.39 is 47.1 Å². The number of aliphatic hydroxyl groups is 1. The van der Waals surface area contributed by atoms with Crippen LogP contribution in [-0.2, 0) is 15.8 Å². The van der Waals surface area contributed by atoms with Crippen LogP contribution < -0.4 is 20.5 Å². The molecule has 0 aliphatic carbocycles. The molecule has 1 aliphatic heterocycles. The minimum Gasteiger partial charge on any atom is -0.494 e. The topological polar surface area (TPSA) is 160 Å². The van der Waals surface area contributed by atoms with Gasteiger partial charge in [-0.2, -0.15) is 18.4 Å². The number of methoxy groups -OCH3 is 1. The van der Waals surface area contributed by atoms with E-state index in [-0.39, 0.29) is 46.1 Å². The van der Waals surface area contributed by atoms with Gasteiger partial charge in [0.25, 0.3) is 5.91 Å². The average Bonchev–Trinajstić information content (AvgIpc) is 3.35. The van der Waals surface area contributed by atoms with Gasteiger partial charge in [-0.25, -0.2) is 9.37 Å². The fourth-order valence-corrected chi connectivity index (χ4v) is 4.81. The molecule has 0 saturated heterocycles. The van der Waals surface area contributed by atoms with Crippen LogP contribution in [0.2, 0.25) is 0 Å². The Hall–Kier alpha value is -5.29. The highest BCUT2D eigenvalue weighted by Crippen LogP contribution is 2.47. The third-order valence-electron chi connectivity index (χ3n) is 7.49. The fourth-order valence-electron chi connectivity index (χ4n) is 4.81. The van der Waals surface area contributed by atoms with E-state index >= 15 is 0 Å². The Labute approximate surface area is 247 Å². The van der Waals surface area contributed by atoms with Crippen molar-refractivity contribution in [2.45, 2.75) is 24.1 Å². The third kappa shape index (κ3) is 5.01. The smallest absolute Gasteiger partial charge is 0.424 e. The van der Waals surface area contributed by atoms with Crippen molar-refractivity contribution in [2.75, 3.05) is 20.3 Å². The standard InChI is InChI=1S/C30H23F4N5O5/c1-28(27(36)41)14-44-25-20(28)10-22(39-24(25)16-3-5-19(31)6-4-16)29(42,30(32,33)34)13-38-26(40)18-8-17-7-15(11-35)12-37-23(17)21(9-18)43-2/h3-10,12,42H,13-14H2,1-2H3,(H2,36,41)(H,38,40)/t28-,29?/m0/s1. The number of nitrogens with two attached hydrogens (primary N) is 1. The number of primary amides is 1. The molecule has 5 rings (SSSR count). The second kappa shape index (κ2) is 10.8. The zero-order chi connectivity index (χ0) is 32.0. The Bertz CT molecular complexity index is 1860. The van der Waals surface area contributed by atoms with Crippen LogP contribution in [0.1, 0.15) is 34.1 Å². The fraction of sp³-hybridized carbons (Fsp3) is 0.233. The maximum absolute atomic E-state index is 14.7. The molecule has 2 aromatic heterocycles. The lowest BCUT2D eigenvalue weighted by Gasteiger charge is -2.31. The number of amides is 2. The molecule has 0 saturated carbocycles. The van der Waals surface area contributed by atoms with Crippen LogP contribution in [0.5, 0.6) is 11.5 Å². The highest BCUT2D eigenvalue weighted by atomic mass is 19.4. The van der Waals surface area contributed by atoms with E-state index in [1.54, 1.807) is 0 Å². The molecule has 4 aromatic rings. The summed E-state index contributed by atoms with van der Waals surface area (Å²) in [5.74, 6) is -2.46. The first-order chi connectivity index (χ1) is 20.7. The lowest BCUT2D eigenvalue weighted by Crippen LogP contribution is -2.51. The zero-order valence-electron chi connectivity index (χ0n) is 23.1. The predicted octanol–water partition coefficient (Wildman–Crippen LogP) is 3.63. The van der Waals surface area contributed by atoms with Crippen LogP contribution in [0.4, 0.5) is 17.6 Å². The Kier molecular flexibility index (Phi) is 7.38. The molecule has 0 spiro atoms. The molecule has 226 valence electrons. The van der Waals surface area contributed by atoms with Crippen LogP contribution in [-0.4, -0.2) is 53.3 Å². The summed E-state index contributed by atoms with van der Waals surface area (Å²) in [6.45, 7) is -0.340. The zero-order valence-corrected chi connectivity index (χ0v) is 23.1. The number of hydrogen-bond acceptors (Lipinski definition) is 8. The molecular weight excluding hydrogens is 586 g/mol. The Morgan fingerprint density at radius 3 is 2.52 bits per heavy atom. The molecule has 3 heterocycles. The molecule has 2 atom stereocenters. The number of nitrogens with one attached hydrogen (secondary N) is 1. The Morgan fingerprint density at radius 1 is 1.20 bits per heavy atom. The van der Waals surface area contributed by atoms with Crippen LogP contribution in [0.15, 0.2) is 54.7 Å². The van der Waals surface area contributed by atoms with Gasteiger partial charge >= 0.3 is 6.18 Å². The largest absolute Gasteiger partial charge is 0.494 e. The molecule has 44 heavy (non-hydrogen) atoms. The lowest BCUT2D eigenvalue weighted by molar-refractivity contribution is -0.265. The van der Waals surface area contributed by atoms with E-state index in [4.69, 9.17) is 15.2 Å². The first-order valence-corrected chi connectivity index (χ1v) is 12.9. The summed E-state index contributed by atoms with van der Waals surface area (Å²) < 4.78 is 68.6. The van der Waals surface area contributed by atoms with Gasteiger partial charge in [0.2, 0.25) is 11.5 Å². The maximum Gasteiger partial charge on any atom is 0.424 e. The molecule has 0 radical (unpaired) electrons. The first-order valence-electron chi connectivity index (χ1n) is 12.9. The minimum absolute atomic E-state index is 0.0520. The van der Waals surface area contributed by atoms with Gasteiger partial charge in [-0.15, -0.1) is 0 Å². The van der Waals surface area contributed by atoms with Crippen molar-refractivity contribution in [3.8, 4) is 28.8 Å². The van der Waals surface area contributed by atoms with Gasteiger partial charge in [-0.1, -0.05) is 0 Å². The molecular formula is C30H23F4N5O5. The van der Waals surface area contributed by atoms with E-state index in [9.17, 15) is 37.5 Å². The molecule has 0 bridgehead atoms. The molecule has 1 unspecified atom stereocenters. The summed E-state index contributed by atoms with van der Waals surface area (Å²) in [5.41, 5.74) is -0.516. The Morgan fingerprint density at radius 2 is 1.91 bits per heavy atom. The van der Waals surface area contributed by atoms with Gasteiger partial charge in [0, 0.05) is 28.3 Å².